The van der Waals surface area contributed by atoms with Gasteiger partial charge in [-0.1, -0.05) is 17.7 Å². The van der Waals surface area contributed by atoms with Gasteiger partial charge in [-0.3, -0.25) is 4.79 Å². The lowest BCUT2D eigenvalue weighted by atomic mass is 10.00. The molecule has 0 aliphatic carbocycles. The number of hydrogen-bond donors (Lipinski definition) is 2. The molecule has 4 heteroatoms. The number of furan rings is 1. The Morgan fingerprint density at radius 2 is 2.10 bits per heavy atom. The molecule has 0 fully saturated rings. The van der Waals surface area contributed by atoms with Crippen LogP contribution in [-0.4, -0.2) is 23.2 Å². The number of carbonyl (C=O) groups is 1. The quantitative estimate of drug-likeness (QED) is 0.888. The average molecular weight is 287 g/mol. The van der Waals surface area contributed by atoms with E-state index in [1.165, 1.54) is 0 Å². The number of benzene rings is 1. The molecule has 0 radical (unpaired) electrons. The second-order valence-corrected chi connectivity index (χ2v) is 5.75. The molecular formula is C17H21NO3. The number of rotatable bonds is 5. The highest BCUT2D eigenvalue weighted by Crippen LogP contribution is 2.14. The fourth-order valence-corrected chi connectivity index (χ4v) is 2.29. The molecule has 1 unspecified atom stereocenters. The fraction of sp³-hybridized carbons (Fsp3) is 0.353. The van der Waals surface area contributed by atoms with Crippen molar-refractivity contribution in [3.05, 3.63) is 59.0 Å². The molecule has 1 aromatic carbocycles. The summed E-state index contributed by atoms with van der Waals surface area (Å²) in [6, 6.07) is 9.26. The molecule has 21 heavy (non-hydrogen) atoms. The zero-order valence-electron chi connectivity index (χ0n) is 12.6. The average Bonchev–Trinajstić information content (AvgIpc) is 2.88. The topological polar surface area (TPSA) is 62.5 Å². The molecule has 4 nitrogen and oxygen atoms in total. The first-order chi connectivity index (χ1) is 9.87. The summed E-state index contributed by atoms with van der Waals surface area (Å²) in [7, 11) is 0. The maximum atomic E-state index is 12.2. The molecule has 1 amide bonds. The Morgan fingerprint density at radius 3 is 2.71 bits per heavy atom. The largest absolute Gasteiger partial charge is 0.469 e. The summed E-state index contributed by atoms with van der Waals surface area (Å²) >= 11 is 0. The maximum Gasteiger partial charge on any atom is 0.251 e. The summed E-state index contributed by atoms with van der Waals surface area (Å²) in [4.78, 5) is 12.2. The minimum atomic E-state index is -1.05. The fourth-order valence-electron chi connectivity index (χ4n) is 2.29. The van der Waals surface area contributed by atoms with E-state index < -0.39 is 5.60 Å². The molecule has 112 valence electrons. The highest BCUT2D eigenvalue weighted by Gasteiger charge is 2.23. The second kappa shape index (κ2) is 6.14. The minimum Gasteiger partial charge on any atom is -0.469 e. The van der Waals surface area contributed by atoms with Crippen LogP contribution in [0.3, 0.4) is 0 Å². The van der Waals surface area contributed by atoms with Crippen molar-refractivity contribution in [2.75, 3.05) is 6.54 Å². The van der Waals surface area contributed by atoms with Gasteiger partial charge in [-0.2, -0.15) is 0 Å². The van der Waals surface area contributed by atoms with E-state index in [2.05, 4.69) is 5.32 Å². The van der Waals surface area contributed by atoms with Gasteiger partial charge in [0.2, 0.25) is 0 Å². The lowest BCUT2D eigenvalue weighted by Gasteiger charge is -2.22. The second-order valence-electron chi connectivity index (χ2n) is 5.75. The molecule has 1 aromatic heterocycles. The van der Waals surface area contributed by atoms with Crippen LogP contribution in [0.15, 0.2) is 41.0 Å². The smallest absolute Gasteiger partial charge is 0.251 e. The van der Waals surface area contributed by atoms with Crippen molar-refractivity contribution in [3.63, 3.8) is 0 Å². The maximum absolute atomic E-state index is 12.2. The van der Waals surface area contributed by atoms with Crippen molar-refractivity contribution in [1.29, 1.82) is 0 Å². The number of aryl methyl sites for hydroxylation is 2. The third-order valence-corrected chi connectivity index (χ3v) is 3.39. The van der Waals surface area contributed by atoms with Gasteiger partial charge in [0.05, 0.1) is 11.9 Å². The standard InChI is InChI=1S/C17H21NO3/c1-12-6-7-15(13(2)9-12)16(19)18-11-17(3,20)10-14-5-4-8-21-14/h4-9,20H,10-11H2,1-3H3,(H,18,19). The molecule has 0 spiro atoms. The molecule has 0 aliphatic heterocycles. The monoisotopic (exact) mass is 287 g/mol. The van der Waals surface area contributed by atoms with Crippen molar-refractivity contribution in [3.8, 4) is 0 Å². The normalized spacial score (nSPS) is 13.7. The van der Waals surface area contributed by atoms with Crippen LogP contribution in [0.4, 0.5) is 0 Å². The Morgan fingerprint density at radius 1 is 1.33 bits per heavy atom. The van der Waals surface area contributed by atoms with Crippen LogP contribution >= 0.6 is 0 Å². The van der Waals surface area contributed by atoms with Crippen molar-refractivity contribution < 1.29 is 14.3 Å². The summed E-state index contributed by atoms with van der Waals surface area (Å²) < 4.78 is 5.22. The van der Waals surface area contributed by atoms with Crippen molar-refractivity contribution >= 4 is 5.91 Å². The first-order valence-corrected chi connectivity index (χ1v) is 6.98. The van der Waals surface area contributed by atoms with Gasteiger partial charge >= 0.3 is 0 Å². The number of amides is 1. The van der Waals surface area contributed by atoms with E-state index in [9.17, 15) is 9.90 Å². The van der Waals surface area contributed by atoms with Gasteiger partial charge in [-0.05, 0) is 44.5 Å². The molecule has 0 bridgehead atoms. The van der Waals surface area contributed by atoms with Gasteiger partial charge in [-0.25, -0.2) is 0 Å². The molecule has 0 saturated heterocycles. The Bertz CT molecular complexity index is 615. The van der Waals surface area contributed by atoms with Gasteiger partial charge in [0, 0.05) is 18.5 Å². The van der Waals surface area contributed by atoms with Gasteiger partial charge < -0.3 is 14.8 Å². The van der Waals surface area contributed by atoms with Crippen LogP contribution in [0, 0.1) is 13.8 Å². The van der Waals surface area contributed by atoms with Crippen LogP contribution in [0.25, 0.3) is 0 Å². The Kier molecular flexibility index (Phi) is 4.48. The summed E-state index contributed by atoms with van der Waals surface area (Å²) in [5.74, 6) is 0.521. The van der Waals surface area contributed by atoms with Gasteiger partial charge in [-0.15, -0.1) is 0 Å². The zero-order chi connectivity index (χ0) is 15.5. The molecule has 0 saturated carbocycles. The van der Waals surface area contributed by atoms with Crippen molar-refractivity contribution in [1.82, 2.24) is 5.32 Å². The zero-order valence-corrected chi connectivity index (χ0v) is 12.6. The Balaban J connectivity index is 1.96. The van der Waals surface area contributed by atoms with E-state index in [1.54, 1.807) is 31.4 Å². The summed E-state index contributed by atoms with van der Waals surface area (Å²) in [6.07, 6.45) is 1.92. The van der Waals surface area contributed by atoms with E-state index in [-0.39, 0.29) is 12.5 Å². The highest BCUT2D eigenvalue weighted by atomic mass is 16.3. The van der Waals surface area contributed by atoms with E-state index in [1.807, 2.05) is 26.0 Å². The van der Waals surface area contributed by atoms with Gasteiger partial charge in [0.25, 0.3) is 5.91 Å². The molecule has 0 aliphatic rings. The first kappa shape index (κ1) is 15.3. The predicted octanol–water partition coefficient (Wildman–Crippen LogP) is 2.62. The number of carbonyl (C=O) groups excluding carboxylic acids is 1. The lowest BCUT2D eigenvalue weighted by molar-refractivity contribution is 0.0510. The molecule has 2 N–H and O–H groups in total. The number of nitrogens with one attached hydrogen (secondary N) is 1. The van der Waals surface area contributed by atoms with Crippen LogP contribution in [-0.2, 0) is 6.42 Å². The van der Waals surface area contributed by atoms with E-state index in [0.29, 0.717) is 17.7 Å². The van der Waals surface area contributed by atoms with E-state index >= 15 is 0 Å². The van der Waals surface area contributed by atoms with Crippen LogP contribution in [0.5, 0.6) is 0 Å². The Labute approximate surface area is 124 Å². The predicted molar refractivity (Wildman–Crippen MR) is 81.3 cm³/mol. The summed E-state index contributed by atoms with van der Waals surface area (Å²) in [5, 5.41) is 13.1. The van der Waals surface area contributed by atoms with Crippen molar-refractivity contribution in [2.45, 2.75) is 32.8 Å². The summed E-state index contributed by atoms with van der Waals surface area (Å²) in [6.45, 7) is 5.74. The third-order valence-electron chi connectivity index (χ3n) is 3.39. The van der Waals surface area contributed by atoms with Crippen LogP contribution < -0.4 is 5.32 Å². The van der Waals surface area contributed by atoms with Gasteiger partial charge in [0.15, 0.2) is 0 Å². The van der Waals surface area contributed by atoms with Crippen LogP contribution in [0.1, 0.15) is 34.2 Å². The Hall–Kier alpha value is -2.07. The number of aliphatic hydroxyl groups is 1. The first-order valence-electron chi connectivity index (χ1n) is 6.98. The number of hydrogen-bond acceptors (Lipinski definition) is 3. The molecule has 2 aromatic rings. The highest BCUT2D eigenvalue weighted by molar-refractivity contribution is 5.95. The lowest BCUT2D eigenvalue weighted by Crippen LogP contribution is -2.42. The third kappa shape index (κ3) is 4.20. The van der Waals surface area contributed by atoms with E-state index in [4.69, 9.17) is 4.42 Å². The SMILES string of the molecule is Cc1ccc(C(=O)NCC(C)(O)Cc2ccco2)c(C)c1. The van der Waals surface area contributed by atoms with Crippen molar-refractivity contribution in [2.24, 2.45) is 0 Å². The summed E-state index contributed by atoms with van der Waals surface area (Å²) in [5.41, 5.74) is 1.63. The van der Waals surface area contributed by atoms with E-state index in [0.717, 1.165) is 11.1 Å². The van der Waals surface area contributed by atoms with Crippen LogP contribution in [0.2, 0.25) is 0 Å². The minimum absolute atomic E-state index is 0.167. The molecule has 2 rings (SSSR count). The molecule has 1 atom stereocenters. The molecule has 1 heterocycles. The molecular weight excluding hydrogens is 266 g/mol. The van der Waals surface area contributed by atoms with Gasteiger partial charge in [0.1, 0.15) is 5.76 Å².